The van der Waals surface area contributed by atoms with E-state index in [0.29, 0.717) is 72.9 Å². The van der Waals surface area contributed by atoms with Gasteiger partial charge in [0.05, 0.1) is 12.2 Å². The monoisotopic (exact) mass is 593 g/mol. The minimum absolute atomic E-state index is 0.119. The van der Waals surface area contributed by atoms with Gasteiger partial charge in [0, 0.05) is 68.5 Å². The molecule has 1 saturated heterocycles. The number of hydrogen-bond acceptors (Lipinski definition) is 9. The Morgan fingerprint density at radius 1 is 1.00 bits per heavy atom. The van der Waals surface area contributed by atoms with Crippen LogP contribution in [0.15, 0.2) is 73.1 Å². The van der Waals surface area contributed by atoms with Gasteiger partial charge in [0.1, 0.15) is 17.2 Å². The van der Waals surface area contributed by atoms with Crippen LogP contribution in [0, 0.1) is 0 Å². The summed E-state index contributed by atoms with van der Waals surface area (Å²) in [5.74, 6) is 1.61. The molecule has 0 spiro atoms. The van der Waals surface area contributed by atoms with Crippen molar-refractivity contribution in [2.24, 2.45) is 0 Å². The summed E-state index contributed by atoms with van der Waals surface area (Å²) in [5, 5.41) is 5.73. The number of anilines is 5. The van der Waals surface area contributed by atoms with Gasteiger partial charge < -0.3 is 30.9 Å². The summed E-state index contributed by atoms with van der Waals surface area (Å²) in [6, 6.07) is 17.2. The highest BCUT2D eigenvalue weighted by Crippen LogP contribution is 2.35. The fourth-order valence-electron chi connectivity index (χ4n) is 5.12. The Morgan fingerprint density at radius 2 is 1.82 bits per heavy atom. The zero-order valence-corrected chi connectivity index (χ0v) is 24.1. The number of rotatable bonds is 9. The summed E-state index contributed by atoms with van der Waals surface area (Å²) in [7, 11) is 1.54. The number of ether oxygens (including phenoxy) is 1. The molecule has 224 valence electrons. The van der Waals surface area contributed by atoms with Crippen LogP contribution in [0.3, 0.4) is 0 Å². The molecule has 2 aromatic carbocycles. The summed E-state index contributed by atoms with van der Waals surface area (Å²) in [4.78, 5) is 56.1. The Labute approximate surface area is 253 Å². The molecule has 0 aliphatic carbocycles. The third-order valence-corrected chi connectivity index (χ3v) is 7.35. The largest absolute Gasteiger partial charge is 0.457 e. The molecule has 4 heterocycles. The van der Waals surface area contributed by atoms with E-state index in [0.717, 1.165) is 12.0 Å². The lowest BCUT2D eigenvalue weighted by atomic mass is 10.1. The van der Waals surface area contributed by atoms with Crippen LogP contribution in [0.2, 0.25) is 0 Å². The second-order valence-electron chi connectivity index (χ2n) is 10.4. The molecule has 0 saturated carbocycles. The lowest BCUT2D eigenvalue weighted by Crippen LogP contribution is -2.48. The van der Waals surface area contributed by atoms with Gasteiger partial charge in [-0.3, -0.25) is 14.6 Å². The van der Waals surface area contributed by atoms with Gasteiger partial charge in [-0.25, -0.2) is 14.7 Å². The number of pyridine rings is 1. The Hall–Kier alpha value is -5.72. The molecule has 2 aliphatic heterocycles. The number of likely N-dealkylation sites (tertiary alicyclic amines) is 1. The van der Waals surface area contributed by atoms with Gasteiger partial charge in [-0.1, -0.05) is 6.07 Å². The third kappa shape index (κ3) is 6.07. The van der Waals surface area contributed by atoms with Crippen molar-refractivity contribution >= 4 is 46.7 Å². The van der Waals surface area contributed by atoms with Gasteiger partial charge in [0.2, 0.25) is 11.9 Å². The first kappa shape index (κ1) is 28.4. The van der Waals surface area contributed by atoms with Gasteiger partial charge in [0.25, 0.3) is 5.91 Å². The van der Waals surface area contributed by atoms with E-state index < -0.39 is 0 Å². The quantitative estimate of drug-likeness (QED) is 0.243. The standard InChI is InChI=1S/C31H31N9O4/c1-33-29(42)26-17-25(11-12-34-26)44-24-9-7-22(8-10-24)36-30-35-18-20-19-39(15-14-38-13-3-6-27(38)41)31(43)40(28(20)37-30)23-5-2-4-21(32)16-23/h2,4-5,7-12,16-18H,3,6,13-15,19,32H2,1H3,(H,33,42)(H,35,36,37). The molecule has 2 aliphatic rings. The molecule has 0 unspecified atom stereocenters. The van der Waals surface area contributed by atoms with E-state index in [1.54, 1.807) is 76.7 Å². The third-order valence-electron chi connectivity index (χ3n) is 7.35. The van der Waals surface area contributed by atoms with E-state index in [9.17, 15) is 14.4 Å². The summed E-state index contributed by atoms with van der Waals surface area (Å²) in [5.41, 5.74) is 8.89. The normalized spacial score (nSPS) is 14.4. The molecule has 1 fully saturated rings. The number of nitrogen functional groups attached to an aromatic ring is 1. The van der Waals surface area contributed by atoms with Gasteiger partial charge in [-0.15, -0.1) is 0 Å². The van der Waals surface area contributed by atoms with Gasteiger partial charge >= 0.3 is 6.03 Å². The molecule has 0 bridgehead atoms. The van der Waals surface area contributed by atoms with Crippen LogP contribution in [0.25, 0.3) is 0 Å². The minimum atomic E-state index is -0.303. The van der Waals surface area contributed by atoms with Crippen molar-refractivity contribution < 1.29 is 19.1 Å². The van der Waals surface area contributed by atoms with Crippen molar-refractivity contribution in [2.75, 3.05) is 42.6 Å². The van der Waals surface area contributed by atoms with E-state index in [1.807, 2.05) is 0 Å². The predicted octanol–water partition coefficient (Wildman–Crippen LogP) is 4.05. The Balaban J connectivity index is 1.21. The zero-order valence-electron chi connectivity index (χ0n) is 24.1. The summed E-state index contributed by atoms with van der Waals surface area (Å²) in [6.07, 6.45) is 4.61. The number of aromatic nitrogens is 3. The molecule has 13 nitrogen and oxygen atoms in total. The van der Waals surface area contributed by atoms with E-state index >= 15 is 0 Å². The lowest BCUT2D eigenvalue weighted by molar-refractivity contribution is -0.127. The van der Waals surface area contributed by atoms with Crippen molar-refractivity contribution in [3.63, 3.8) is 0 Å². The van der Waals surface area contributed by atoms with Crippen LogP contribution in [0.4, 0.5) is 33.6 Å². The summed E-state index contributed by atoms with van der Waals surface area (Å²) in [6.45, 7) is 1.90. The van der Waals surface area contributed by atoms with E-state index in [-0.39, 0.29) is 23.5 Å². The van der Waals surface area contributed by atoms with Gasteiger partial charge in [0.15, 0.2) is 5.82 Å². The molecule has 13 heteroatoms. The topological polar surface area (TPSA) is 159 Å². The van der Waals surface area contributed by atoms with Crippen LogP contribution >= 0.6 is 0 Å². The number of nitrogens with zero attached hydrogens (tertiary/aromatic N) is 6. The van der Waals surface area contributed by atoms with Crippen LogP contribution in [0.1, 0.15) is 28.9 Å². The van der Waals surface area contributed by atoms with Crippen molar-refractivity contribution in [1.82, 2.24) is 30.1 Å². The van der Waals surface area contributed by atoms with Crippen molar-refractivity contribution in [2.45, 2.75) is 19.4 Å². The molecular formula is C31H31N9O4. The number of amides is 4. The molecule has 4 N–H and O–H groups in total. The molecule has 0 atom stereocenters. The number of hydrogen-bond donors (Lipinski definition) is 3. The average Bonchev–Trinajstić information content (AvgIpc) is 3.45. The molecular weight excluding hydrogens is 562 g/mol. The first-order valence-electron chi connectivity index (χ1n) is 14.2. The van der Waals surface area contributed by atoms with E-state index in [2.05, 4.69) is 20.6 Å². The van der Waals surface area contributed by atoms with E-state index in [1.165, 1.54) is 18.1 Å². The van der Waals surface area contributed by atoms with Gasteiger partial charge in [-0.05, 0) is 55.0 Å². The number of benzene rings is 2. The number of nitrogens with one attached hydrogen (secondary N) is 2. The Morgan fingerprint density at radius 3 is 2.57 bits per heavy atom. The minimum Gasteiger partial charge on any atom is -0.457 e. The number of urea groups is 1. The first-order chi connectivity index (χ1) is 21.4. The molecule has 6 rings (SSSR count). The van der Waals surface area contributed by atoms with Gasteiger partial charge in [-0.2, -0.15) is 4.98 Å². The van der Waals surface area contributed by atoms with E-state index in [4.69, 9.17) is 15.5 Å². The maximum absolute atomic E-state index is 13.8. The predicted molar refractivity (Wildman–Crippen MR) is 164 cm³/mol. The molecule has 4 amide bonds. The first-order valence-corrected chi connectivity index (χ1v) is 14.2. The molecule has 2 aromatic heterocycles. The number of nitrogens with two attached hydrogens (primary N) is 1. The van der Waals surface area contributed by atoms with Crippen LogP contribution in [0.5, 0.6) is 11.5 Å². The van der Waals surface area contributed by atoms with Crippen LogP contribution in [-0.2, 0) is 11.3 Å². The van der Waals surface area contributed by atoms with Crippen molar-refractivity contribution in [1.29, 1.82) is 0 Å². The maximum atomic E-state index is 13.8. The lowest BCUT2D eigenvalue weighted by Gasteiger charge is -2.36. The SMILES string of the molecule is CNC(=O)c1cc(Oc2ccc(Nc3ncc4c(n3)N(c3cccc(N)c3)C(=O)N(CCN3CCCC3=O)C4)cc2)ccn1. The number of carbonyl (C=O) groups excluding carboxylic acids is 3. The average molecular weight is 594 g/mol. The van der Waals surface area contributed by atoms with Crippen LogP contribution < -0.4 is 26.0 Å². The zero-order chi connectivity index (χ0) is 30.6. The highest BCUT2D eigenvalue weighted by atomic mass is 16.5. The Kier molecular flexibility index (Phi) is 7.91. The summed E-state index contributed by atoms with van der Waals surface area (Å²) >= 11 is 0. The fraction of sp³-hybridized carbons (Fsp3) is 0.226. The van der Waals surface area contributed by atoms with Crippen molar-refractivity contribution in [3.8, 4) is 11.5 Å². The van der Waals surface area contributed by atoms with Crippen LogP contribution in [-0.4, -0.2) is 69.3 Å². The molecule has 4 aromatic rings. The maximum Gasteiger partial charge on any atom is 0.330 e. The second-order valence-corrected chi connectivity index (χ2v) is 10.4. The molecule has 0 radical (unpaired) electrons. The fourth-order valence-corrected chi connectivity index (χ4v) is 5.12. The Bertz CT molecular complexity index is 1710. The number of carbonyl (C=O) groups is 3. The molecule has 44 heavy (non-hydrogen) atoms. The highest BCUT2D eigenvalue weighted by Gasteiger charge is 2.34. The smallest absolute Gasteiger partial charge is 0.330 e. The summed E-state index contributed by atoms with van der Waals surface area (Å²) < 4.78 is 5.89. The second kappa shape index (κ2) is 12.3. The number of fused-ring (bicyclic) bond motifs is 1. The van der Waals surface area contributed by atoms with Crippen molar-refractivity contribution in [3.05, 3.63) is 84.3 Å². The highest BCUT2D eigenvalue weighted by molar-refractivity contribution is 6.01.